The fourth-order valence-corrected chi connectivity index (χ4v) is 2.11. The molecule has 23 heavy (non-hydrogen) atoms. The zero-order valence-electron chi connectivity index (χ0n) is 12.8. The van der Waals surface area contributed by atoms with Crippen LogP contribution in [0.25, 0.3) is 0 Å². The maximum atomic E-state index is 12.3. The number of halogens is 2. The number of hydrogen-bond donors (Lipinski definition) is 1. The molecule has 0 radical (unpaired) electrons. The Hall–Kier alpha value is -2.63. The molecule has 6 heteroatoms. The third-order valence-electron chi connectivity index (χ3n) is 3.29. The van der Waals surface area contributed by atoms with Crippen molar-refractivity contribution in [3.05, 3.63) is 59.7 Å². The maximum Gasteiger partial charge on any atom is 0.387 e. The van der Waals surface area contributed by atoms with E-state index in [1.165, 1.54) is 25.3 Å². The Kier molecular flexibility index (Phi) is 5.51. The van der Waals surface area contributed by atoms with Crippen molar-refractivity contribution in [2.45, 2.75) is 19.6 Å². The van der Waals surface area contributed by atoms with Gasteiger partial charge in [-0.1, -0.05) is 30.3 Å². The second-order valence-corrected chi connectivity index (χ2v) is 4.85. The predicted molar refractivity (Wildman–Crippen MR) is 81.9 cm³/mol. The van der Waals surface area contributed by atoms with Crippen LogP contribution in [0.4, 0.5) is 8.78 Å². The van der Waals surface area contributed by atoms with Crippen LogP contribution in [0.15, 0.2) is 48.5 Å². The van der Waals surface area contributed by atoms with Gasteiger partial charge in [-0.15, -0.1) is 0 Å². The van der Waals surface area contributed by atoms with Gasteiger partial charge in [-0.3, -0.25) is 4.79 Å². The fourth-order valence-electron chi connectivity index (χ4n) is 2.11. The van der Waals surface area contributed by atoms with Gasteiger partial charge in [0.15, 0.2) is 11.5 Å². The molecule has 122 valence electrons. The van der Waals surface area contributed by atoms with E-state index in [0.717, 1.165) is 5.56 Å². The van der Waals surface area contributed by atoms with Crippen LogP contribution < -0.4 is 14.8 Å². The second kappa shape index (κ2) is 7.58. The summed E-state index contributed by atoms with van der Waals surface area (Å²) in [5.74, 6) is -0.372. The first kappa shape index (κ1) is 16.7. The fraction of sp³-hybridized carbons (Fsp3) is 0.235. The van der Waals surface area contributed by atoms with Crippen molar-refractivity contribution in [1.29, 1.82) is 0 Å². The molecule has 0 unspecified atom stereocenters. The summed E-state index contributed by atoms with van der Waals surface area (Å²) in [6, 6.07) is 13.4. The Morgan fingerprint density at radius 2 is 1.78 bits per heavy atom. The van der Waals surface area contributed by atoms with Crippen molar-refractivity contribution in [3.63, 3.8) is 0 Å². The molecule has 1 amide bonds. The average Bonchev–Trinajstić information content (AvgIpc) is 2.55. The molecule has 0 saturated carbocycles. The number of amides is 1. The van der Waals surface area contributed by atoms with E-state index in [-0.39, 0.29) is 23.4 Å². The van der Waals surface area contributed by atoms with Gasteiger partial charge in [0.2, 0.25) is 0 Å². The van der Waals surface area contributed by atoms with Gasteiger partial charge in [-0.25, -0.2) is 0 Å². The van der Waals surface area contributed by atoms with Crippen LogP contribution >= 0.6 is 0 Å². The number of methoxy groups -OCH3 is 1. The number of carbonyl (C=O) groups is 1. The van der Waals surface area contributed by atoms with E-state index >= 15 is 0 Å². The summed E-state index contributed by atoms with van der Waals surface area (Å²) in [5.41, 5.74) is 1.26. The minimum absolute atomic E-state index is 0.0744. The van der Waals surface area contributed by atoms with Gasteiger partial charge in [0.05, 0.1) is 13.2 Å². The Morgan fingerprint density at radius 1 is 1.09 bits per heavy atom. The van der Waals surface area contributed by atoms with Crippen molar-refractivity contribution in [2.24, 2.45) is 0 Å². The molecule has 0 aliphatic carbocycles. The molecule has 1 atom stereocenters. The van der Waals surface area contributed by atoms with E-state index < -0.39 is 6.61 Å². The van der Waals surface area contributed by atoms with Crippen molar-refractivity contribution in [2.75, 3.05) is 7.11 Å². The minimum Gasteiger partial charge on any atom is -0.493 e. The lowest BCUT2D eigenvalue weighted by Gasteiger charge is -2.15. The molecule has 0 aromatic heterocycles. The van der Waals surface area contributed by atoms with E-state index in [1.54, 1.807) is 0 Å². The molecule has 2 aromatic carbocycles. The highest BCUT2D eigenvalue weighted by Gasteiger charge is 2.16. The Bertz CT molecular complexity index is 662. The molecule has 4 nitrogen and oxygen atoms in total. The Morgan fingerprint density at radius 3 is 2.39 bits per heavy atom. The zero-order chi connectivity index (χ0) is 16.8. The van der Waals surface area contributed by atoms with Gasteiger partial charge < -0.3 is 14.8 Å². The standard InChI is InChI=1S/C17H17F2NO3/c1-11(12-6-4-3-5-7-12)20-16(21)13-8-9-14(23-17(18)19)15(10-13)22-2/h3-11,17H,1-2H3,(H,20,21)/t11-/m0/s1. The molecule has 0 aliphatic heterocycles. The highest BCUT2D eigenvalue weighted by Crippen LogP contribution is 2.29. The topological polar surface area (TPSA) is 47.6 Å². The number of benzene rings is 2. The minimum atomic E-state index is -2.96. The molecule has 0 aliphatic rings. The van der Waals surface area contributed by atoms with Crippen LogP contribution in [-0.4, -0.2) is 19.6 Å². The molecule has 0 saturated heterocycles. The van der Waals surface area contributed by atoms with E-state index in [4.69, 9.17) is 4.74 Å². The Balaban J connectivity index is 2.13. The maximum absolute atomic E-state index is 12.3. The summed E-state index contributed by atoms with van der Waals surface area (Å²) in [7, 11) is 1.32. The van der Waals surface area contributed by atoms with E-state index in [0.29, 0.717) is 5.56 Å². The third kappa shape index (κ3) is 4.42. The lowest BCUT2D eigenvalue weighted by Crippen LogP contribution is -2.26. The molecular weight excluding hydrogens is 304 g/mol. The summed E-state index contributed by atoms with van der Waals surface area (Å²) < 4.78 is 33.9. The van der Waals surface area contributed by atoms with Gasteiger partial charge in [-0.2, -0.15) is 8.78 Å². The molecule has 0 spiro atoms. The van der Waals surface area contributed by atoms with Crippen molar-refractivity contribution in [1.82, 2.24) is 5.32 Å². The summed E-state index contributed by atoms with van der Waals surface area (Å²) in [6.45, 7) is -1.10. The zero-order valence-corrected chi connectivity index (χ0v) is 12.8. The predicted octanol–water partition coefficient (Wildman–Crippen LogP) is 3.79. The van der Waals surface area contributed by atoms with Crippen molar-refractivity contribution in [3.8, 4) is 11.5 Å². The van der Waals surface area contributed by atoms with Gasteiger partial charge in [-0.05, 0) is 30.7 Å². The molecule has 0 heterocycles. The smallest absolute Gasteiger partial charge is 0.387 e. The average molecular weight is 321 g/mol. The molecule has 0 bridgehead atoms. The molecule has 1 N–H and O–H groups in total. The van der Waals surface area contributed by atoms with Crippen LogP contribution in [0.5, 0.6) is 11.5 Å². The molecule has 2 aromatic rings. The summed E-state index contributed by atoms with van der Waals surface area (Å²) in [4.78, 5) is 12.3. The largest absolute Gasteiger partial charge is 0.493 e. The number of ether oxygens (including phenoxy) is 2. The quantitative estimate of drug-likeness (QED) is 0.880. The van der Waals surface area contributed by atoms with Crippen LogP contribution in [0.1, 0.15) is 28.9 Å². The van der Waals surface area contributed by atoms with Crippen LogP contribution in [-0.2, 0) is 0 Å². The van der Waals surface area contributed by atoms with E-state index in [9.17, 15) is 13.6 Å². The van der Waals surface area contributed by atoms with Gasteiger partial charge >= 0.3 is 6.61 Å². The first-order valence-corrected chi connectivity index (χ1v) is 7.00. The van der Waals surface area contributed by atoms with Gasteiger partial charge in [0.25, 0.3) is 5.91 Å². The highest BCUT2D eigenvalue weighted by molar-refractivity contribution is 5.95. The number of rotatable bonds is 6. The van der Waals surface area contributed by atoms with Gasteiger partial charge in [0, 0.05) is 5.56 Å². The molecule has 2 rings (SSSR count). The first-order valence-electron chi connectivity index (χ1n) is 7.00. The summed E-state index contributed by atoms with van der Waals surface area (Å²) >= 11 is 0. The van der Waals surface area contributed by atoms with Gasteiger partial charge in [0.1, 0.15) is 0 Å². The highest BCUT2D eigenvalue weighted by atomic mass is 19.3. The third-order valence-corrected chi connectivity index (χ3v) is 3.29. The lowest BCUT2D eigenvalue weighted by atomic mass is 10.1. The number of alkyl halides is 2. The number of nitrogens with one attached hydrogen (secondary N) is 1. The first-order chi connectivity index (χ1) is 11.0. The summed E-state index contributed by atoms with van der Waals surface area (Å²) in [6.07, 6.45) is 0. The number of hydrogen-bond acceptors (Lipinski definition) is 3. The van der Waals surface area contributed by atoms with E-state index in [1.807, 2.05) is 37.3 Å². The summed E-state index contributed by atoms with van der Waals surface area (Å²) in [5, 5.41) is 2.84. The number of carbonyl (C=O) groups excluding carboxylic acids is 1. The second-order valence-electron chi connectivity index (χ2n) is 4.85. The monoisotopic (exact) mass is 321 g/mol. The molecule has 0 fully saturated rings. The Labute approximate surface area is 133 Å². The SMILES string of the molecule is COc1cc(C(=O)N[C@@H](C)c2ccccc2)ccc1OC(F)F. The lowest BCUT2D eigenvalue weighted by molar-refractivity contribution is -0.0512. The van der Waals surface area contributed by atoms with Crippen LogP contribution in [0.2, 0.25) is 0 Å². The van der Waals surface area contributed by atoms with Crippen molar-refractivity contribution >= 4 is 5.91 Å². The van der Waals surface area contributed by atoms with Crippen molar-refractivity contribution < 1.29 is 23.0 Å². The molecular formula is C17H17F2NO3. The van der Waals surface area contributed by atoms with Crippen LogP contribution in [0, 0.1) is 0 Å². The normalized spacial score (nSPS) is 11.9. The van der Waals surface area contributed by atoms with E-state index in [2.05, 4.69) is 10.1 Å². The van der Waals surface area contributed by atoms with Crippen LogP contribution in [0.3, 0.4) is 0 Å².